The summed E-state index contributed by atoms with van der Waals surface area (Å²) in [6.07, 6.45) is 6.10. The topological polar surface area (TPSA) is 191 Å². The molecule has 0 bridgehead atoms. The molecule has 1 atom stereocenters. The molecule has 3 N–H and O–H groups in total. The molecular formula is C48H56N12O5. The van der Waals surface area contributed by atoms with Crippen LogP contribution in [0.2, 0.25) is 0 Å². The standard InChI is InChI=1S/C48H56N12O5/c1-30(52-44(62)45-55-46(56-65-45)48(2,3)4)37-12-6-32(24-34(37)28-64-5)42-38-25-39(53-43(38)51-29-50-42)33-7-13-40(49-26-33)59-22-20-57(21-23-59)27-31-14-17-58(18-15-31)35-8-10-36(11-9-35)60-19-16-41(61)54-47(60)63/h6-13,24-26,29-31H,14-23,27-28H2,1-5H3,(H,52,62)(H,50,51,53)(H,54,61,63)/t30-/m1/s1. The summed E-state index contributed by atoms with van der Waals surface area (Å²) in [6.45, 7) is 15.5. The first-order valence-electron chi connectivity index (χ1n) is 22.4. The maximum Gasteiger partial charge on any atom is 0.328 e. The van der Waals surface area contributed by atoms with E-state index in [0.717, 1.165) is 115 Å². The molecule has 3 fully saturated rings. The first kappa shape index (κ1) is 43.5. The van der Waals surface area contributed by atoms with Gasteiger partial charge in [0.25, 0.3) is 0 Å². The van der Waals surface area contributed by atoms with Gasteiger partial charge in [-0.3, -0.25) is 24.7 Å². The number of imide groups is 1. The minimum Gasteiger partial charge on any atom is -0.380 e. The van der Waals surface area contributed by atoms with E-state index in [-0.39, 0.29) is 29.3 Å². The number of carbonyl (C=O) groups excluding carboxylic acids is 3. The SMILES string of the molecule is COCc1cc(-c2ncnc3[nH]c(-c4ccc(N5CCN(CC6CCN(c7ccc(N8CCC(=O)NC8=O)cc7)CC6)CC5)nc4)cc23)ccc1[C@@H](C)NC(=O)c1nc(C(C)(C)C)no1. The van der Waals surface area contributed by atoms with Crippen LogP contribution in [0.3, 0.4) is 0 Å². The molecule has 3 saturated heterocycles. The van der Waals surface area contributed by atoms with Crippen molar-refractivity contribution in [2.45, 2.75) is 65.0 Å². The van der Waals surface area contributed by atoms with Gasteiger partial charge in [0.2, 0.25) is 5.91 Å². The van der Waals surface area contributed by atoms with Crippen molar-refractivity contribution in [3.63, 3.8) is 0 Å². The number of nitrogens with one attached hydrogen (secondary N) is 3. The second kappa shape index (κ2) is 18.4. The number of piperazine rings is 1. The van der Waals surface area contributed by atoms with Crippen LogP contribution in [0.25, 0.3) is 33.5 Å². The average Bonchev–Trinajstić information content (AvgIpc) is 4.00. The van der Waals surface area contributed by atoms with Crippen LogP contribution < -0.4 is 25.3 Å². The third kappa shape index (κ3) is 9.56. The zero-order valence-corrected chi connectivity index (χ0v) is 37.6. The van der Waals surface area contributed by atoms with Crippen molar-refractivity contribution in [1.29, 1.82) is 0 Å². The zero-order valence-electron chi connectivity index (χ0n) is 37.6. The Balaban J connectivity index is 0.785. The Labute approximate surface area is 378 Å². The monoisotopic (exact) mass is 880 g/mol. The third-order valence-corrected chi connectivity index (χ3v) is 12.7. The van der Waals surface area contributed by atoms with Crippen molar-refractivity contribution < 1.29 is 23.6 Å². The number of pyridine rings is 1. The summed E-state index contributed by atoms with van der Waals surface area (Å²) in [6, 6.07) is 19.7. The molecular weight excluding hydrogens is 825 g/mol. The van der Waals surface area contributed by atoms with Crippen molar-refractivity contribution in [3.8, 4) is 22.5 Å². The summed E-state index contributed by atoms with van der Waals surface area (Å²) in [7, 11) is 1.65. The molecule has 0 radical (unpaired) electrons. The van der Waals surface area contributed by atoms with Gasteiger partial charge < -0.3 is 29.4 Å². The number of piperidine rings is 1. The smallest absolute Gasteiger partial charge is 0.328 e. The average molecular weight is 881 g/mol. The number of anilines is 3. The van der Waals surface area contributed by atoms with Gasteiger partial charge in [-0.1, -0.05) is 38.1 Å². The first-order chi connectivity index (χ1) is 31.4. The number of hydrogen-bond donors (Lipinski definition) is 3. The Morgan fingerprint density at radius 2 is 1.65 bits per heavy atom. The van der Waals surface area contributed by atoms with Gasteiger partial charge in [0.05, 0.1) is 18.3 Å². The molecule has 4 aromatic heterocycles. The van der Waals surface area contributed by atoms with E-state index in [4.69, 9.17) is 19.2 Å². The fourth-order valence-corrected chi connectivity index (χ4v) is 9.02. The lowest BCUT2D eigenvalue weighted by Gasteiger charge is -2.39. The van der Waals surface area contributed by atoms with Gasteiger partial charge in [-0.05, 0) is 85.3 Å². The molecule has 2 aromatic carbocycles. The molecule has 17 nitrogen and oxygen atoms in total. The van der Waals surface area contributed by atoms with E-state index in [0.29, 0.717) is 31.3 Å². The molecule has 6 aromatic rings. The second-order valence-corrected chi connectivity index (χ2v) is 18.3. The molecule has 4 amide bonds. The van der Waals surface area contributed by atoms with Gasteiger partial charge in [-0.25, -0.2) is 19.7 Å². The van der Waals surface area contributed by atoms with E-state index in [1.165, 1.54) is 5.69 Å². The van der Waals surface area contributed by atoms with Gasteiger partial charge in [-0.15, -0.1) is 0 Å². The number of rotatable bonds is 12. The Morgan fingerprint density at radius 3 is 2.34 bits per heavy atom. The Kier molecular flexibility index (Phi) is 12.3. The largest absolute Gasteiger partial charge is 0.380 e. The van der Waals surface area contributed by atoms with Crippen molar-refractivity contribution in [1.82, 2.24) is 45.6 Å². The van der Waals surface area contributed by atoms with Crippen LogP contribution in [-0.4, -0.2) is 112 Å². The van der Waals surface area contributed by atoms with Crippen LogP contribution in [0.1, 0.15) is 80.6 Å². The lowest BCUT2D eigenvalue weighted by atomic mass is 9.95. The molecule has 0 saturated carbocycles. The van der Waals surface area contributed by atoms with Crippen LogP contribution in [0, 0.1) is 5.92 Å². The van der Waals surface area contributed by atoms with Crippen molar-refractivity contribution in [3.05, 3.63) is 96.0 Å². The number of benzene rings is 2. The van der Waals surface area contributed by atoms with Crippen molar-refractivity contribution in [2.24, 2.45) is 5.92 Å². The minimum absolute atomic E-state index is 0.0724. The Hall–Kier alpha value is -6.72. The number of carbonyl (C=O) groups is 3. The van der Waals surface area contributed by atoms with Crippen LogP contribution in [0.15, 0.2) is 77.7 Å². The summed E-state index contributed by atoms with van der Waals surface area (Å²) >= 11 is 0. The lowest BCUT2D eigenvalue weighted by molar-refractivity contribution is -0.120. The van der Waals surface area contributed by atoms with E-state index in [9.17, 15) is 14.4 Å². The number of amides is 4. The highest BCUT2D eigenvalue weighted by Crippen LogP contribution is 2.33. The predicted molar refractivity (Wildman–Crippen MR) is 248 cm³/mol. The Morgan fingerprint density at radius 1 is 0.892 bits per heavy atom. The van der Waals surface area contributed by atoms with Crippen LogP contribution in [0.4, 0.5) is 22.0 Å². The van der Waals surface area contributed by atoms with E-state index < -0.39 is 5.91 Å². The third-order valence-electron chi connectivity index (χ3n) is 12.7. The van der Waals surface area contributed by atoms with Gasteiger partial charge >= 0.3 is 17.8 Å². The van der Waals surface area contributed by atoms with E-state index in [2.05, 4.69) is 75.8 Å². The van der Waals surface area contributed by atoms with Gasteiger partial charge in [0, 0.05) is 111 Å². The normalized spacial score (nSPS) is 17.2. The van der Waals surface area contributed by atoms with Crippen LogP contribution in [-0.2, 0) is 21.6 Å². The first-order valence-corrected chi connectivity index (χ1v) is 22.4. The summed E-state index contributed by atoms with van der Waals surface area (Å²) < 4.78 is 10.9. The summed E-state index contributed by atoms with van der Waals surface area (Å²) in [5.41, 5.74) is 7.72. The number of hydrogen-bond acceptors (Lipinski definition) is 13. The molecule has 338 valence electrons. The van der Waals surface area contributed by atoms with Gasteiger partial charge in [-0.2, -0.15) is 4.98 Å². The maximum atomic E-state index is 13.1. The van der Waals surface area contributed by atoms with E-state index >= 15 is 0 Å². The van der Waals surface area contributed by atoms with E-state index in [1.807, 2.05) is 64.2 Å². The number of methoxy groups -OCH3 is 1. The number of fused-ring (bicyclic) bond motifs is 1. The predicted octanol–water partition coefficient (Wildman–Crippen LogP) is 6.49. The quantitative estimate of drug-likeness (QED) is 0.121. The highest BCUT2D eigenvalue weighted by Gasteiger charge is 2.28. The number of urea groups is 1. The van der Waals surface area contributed by atoms with Crippen LogP contribution in [0.5, 0.6) is 0 Å². The van der Waals surface area contributed by atoms with Gasteiger partial charge in [0.15, 0.2) is 5.82 Å². The highest BCUT2D eigenvalue weighted by molar-refractivity contribution is 6.05. The zero-order chi connectivity index (χ0) is 45.2. The molecule has 7 heterocycles. The molecule has 0 unspecified atom stereocenters. The maximum absolute atomic E-state index is 13.1. The van der Waals surface area contributed by atoms with Crippen molar-refractivity contribution >= 4 is 46.1 Å². The molecule has 0 aliphatic carbocycles. The number of nitrogens with zero attached hydrogens (tertiary/aromatic N) is 9. The fraction of sp³-hybridized carbons (Fsp3) is 0.417. The van der Waals surface area contributed by atoms with Crippen LogP contribution >= 0.6 is 0 Å². The number of H-pyrrole nitrogens is 1. The molecule has 9 rings (SSSR count). The summed E-state index contributed by atoms with van der Waals surface area (Å²) in [4.78, 5) is 67.9. The minimum atomic E-state index is -0.440. The number of aromatic amines is 1. The molecule has 3 aliphatic rings. The summed E-state index contributed by atoms with van der Waals surface area (Å²) in [5.74, 6) is 1.37. The van der Waals surface area contributed by atoms with E-state index in [1.54, 1.807) is 18.3 Å². The van der Waals surface area contributed by atoms with Crippen molar-refractivity contribution in [2.75, 3.05) is 74.2 Å². The highest BCUT2D eigenvalue weighted by atomic mass is 16.5. The second-order valence-electron chi connectivity index (χ2n) is 18.3. The fourth-order valence-electron chi connectivity index (χ4n) is 9.02. The molecule has 65 heavy (non-hydrogen) atoms. The van der Waals surface area contributed by atoms with Gasteiger partial charge in [0.1, 0.15) is 17.8 Å². The number of ether oxygens (including phenoxy) is 1. The molecule has 17 heteroatoms. The Bertz CT molecular complexity index is 2660. The lowest BCUT2D eigenvalue weighted by Crippen LogP contribution is -2.49. The molecule has 3 aliphatic heterocycles. The molecule has 0 spiro atoms. The number of aromatic nitrogens is 6. The summed E-state index contributed by atoms with van der Waals surface area (Å²) in [5, 5.41) is 10.3.